The van der Waals surface area contributed by atoms with Crippen molar-refractivity contribution in [2.45, 2.75) is 0 Å². The van der Waals surface area contributed by atoms with Gasteiger partial charge >= 0.3 is 11.6 Å². The van der Waals surface area contributed by atoms with Crippen LogP contribution >= 0.6 is 0 Å². The van der Waals surface area contributed by atoms with Crippen LogP contribution in [-0.4, -0.2) is 29.9 Å². The zero-order valence-electron chi connectivity index (χ0n) is 14.8. The molecule has 0 unspecified atom stereocenters. The molecular weight excluding hydrogens is 372 g/mol. The van der Waals surface area contributed by atoms with Crippen molar-refractivity contribution in [1.29, 1.82) is 0 Å². The van der Waals surface area contributed by atoms with E-state index in [9.17, 15) is 10.1 Å². The quantitative estimate of drug-likeness (QED) is 0.339. The Bertz CT molecular complexity index is 1380. The van der Waals surface area contributed by atoms with E-state index < -0.39 is 10.6 Å². The number of nitro groups is 1. The average Bonchev–Trinajstić information content (AvgIpc) is 3.18. The van der Waals surface area contributed by atoms with Gasteiger partial charge in [0.2, 0.25) is 5.82 Å². The van der Waals surface area contributed by atoms with Crippen LogP contribution in [0.3, 0.4) is 0 Å². The number of fused-ring (bicyclic) bond motifs is 2. The molecule has 0 aliphatic rings. The lowest BCUT2D eigenvalue weighted by Gasteiger charge is -2.10. The minimum Gasteiger partial charge on any atom is -0.433 e. The Kier molecular flexibility index (Phi) is 3.84. The Balaban J connectivity index is 1.68. The zero-order chi connectivity index (χ0) is 19.8. The lowest BCUT2D eigenvalue weighted by atomic mass is 10.1. The van der Waals surface area contributed by atoms with Gasteiger partial charge in [0.15, 0.2) is 0 Å². The van der Waals surface area contributed by atoms with Crippen LogP contribution in [0.25, 0.3) is 27.6 Å². The second-order valence-electron chi connectivity index (χ2n) is 6.18. The highest BCUT2D eigenvalue weighted by Gasteiger charge is 2.28. The van der Waals surface area contributed by atoms with E-state index in [1.807, 2.05) is 42.5 Å². The van der Waals surface area contributed by atoms with E-state index in [0.717, 1.165) is 10.8 Å². The standard InChI is InChI=1S/C20H12N6O3/c27-26(28)18-19(25-16-10-4-3-9-15(16)23-24-25)21-12-22-20(18)29-17-11-5-7-13-6-1-2-8-14(13)17/h1-12H. The van der Waals surface area contributed by atoms with Gasteiger partial charge in [-0.2, -0.15) is 9.67 Å². The number of ether oxygens (including phenoxy) is 1. The van der Waals surface area contributed by atoms with Crippen molar-refractivity contribution in [3.63, 3.8) is 0 Å². The van der Waals surface area contributed by atoms with Crippen LogP contribution in [0.15, 0.2) is 73.1 Å². The first-order valence-corrected chi connectivity index (χ1v) is 8.68. The van der Waals surface area contributed by atoms with Gasteiger partial charge in [0.25, 0.3) is 0 Å². The summed E-state index contributed by atoms with van der Waals surface area (Å²) in [6, 6.07) is 20.2. The summed E-state index contributed by atoms with van der Waals surface area (Å²) in [5.41, 5.74) is 0.790. The lowest BCUT2D eigenvalue weighted by molar-refractivity contribution is -0.386. The Morgan fingerprint density at radius 2 is 1.72 bits per heavy atom. The first kappa shape index (κ1) is 16.8. The highest BCUT2D eigenvalue weighted by molar-refractivity contribution is 5.88. The Labute approximate surface area is 163 Å². The first-order chi connectivity index (χ1) is 14.2. The molecule has 0 saturated carbocycles. The molecule has 0 fully saturated rings. The SMILES string of the molecule is O=[N+]([O-])c1c(Oc2cccc3ccccc23)ncnc1-n1nnc2ccccc21. The summed E-state index contributed by atoms with van der Waals surface area (Å²) in [5.74, 6) is 0.268. The van der Waals surface area contributed by atoms with E-state index in [2.05, 4.69) is 20.3 Å². The number of aromatic nitrogens is 5. The van der Waals surface area contributed by atoms with Crippen molar-refractivity contribution in [2.24, 2.45) is 0 Å². The highest BCUT2D eigenvalue weighted by Crippen LogP contribution is 2.36. The lowest BCUT2D eigenvalue weighted by Crippen LogP contribution is -2.07. The number of rotatable bonds is 4. The zero-order valence-corrected chi connectivity index (χ0v) is 14.8. The van der Waals surface area contributed by atoms with Crippen molar-refractivity contribution in [3.05, 3.63) is 83.2 Å². The molecule has 3 aromatic carbocycles. The number of benzene rings is 3. The van der Waals surface area contributed by atoms with Crippen molar-refractivity contribution >= 4 is 27.5 Å². The summed E-state index contributed by atoms with van der Waals surface area (Å²) in [6.45, 7) is 0. The Morgan fingerprint density at radius 1 is 0.931 bits per heavy atom. The maximum atomic E-state index is 11.9. The number of hydrogen-bond donors (Lipinski definition) is 0. The van der Waals surface area contributed by atoms with E-state index in [4.69, 9.17) is 4.74 Å². The third-order valence-electron chi connectivity index (χ3n) is 4.46. The van der Waals surface area contributed by atoms with E-state index >= 15 is 0 Å². The maximum Gasteiger partial charge on any atom is 0.375 e. The Hall–Kier alpha value is -4.40. The van der Waals surface area contributed by atoms with Gasteiger partial charge in [0.1, 0.15) is 17.6 Å². The molecule has 0 aliphatic heterocycles. The highest BCUT2D eigenvalue weighted by atomic mass is 16.6. The maximum absolute atomic E-state index is 11.9. The minimum atomic E-state index is -0.577. The van der Waals surface area contributed by atoms with Gasteiger partial charge in [0, 0.05) is 5.39 Å². The van der Waals surface area contributed by atoms with Gasteiger partial charge in [-0.25, -0.2) is 4.98 Å². The fourth-order valence-electron chi connectivity index (χ4n) is 3.16. The molecule has 0 atom stereocenters. The molecule has 5 rings (SSSR count). The van der Waals surface area contributed by atoms with Crippen LogP contribution in [0, 0.1) is 10.1 Å². The van der Waals surface area contributed by atoms with Crippen molar-refractivity contribution in [1.82, 2.24) is 25.0 Å². The normalized spacial score (nSPS) is 11.0. The topological polar surface area (TPSA) is 109 Å². The van der Waals surface area contributed by atoms with Gasteiger partial charge in [-0.05, 0) is 23.6 Å². The van der Waals surface area contributed by atoms with Crippen LogP contribution in [0.5, 0.6) is 11.6 Å². The van der Waals surface area contributed by atoms with Crippen molar-refractivity contribution in [2.75, 3.05) is 0 Å². The Morgan fingerprint density at radius 3 is 2.62 bits per heavy atom. The van der Waals surface area contributed by atoms with Gasteiger partial charge in [-0.1, -0.05) is 53.7 Å². The predicted molar refractivity (Wildman–Crippen MR) is 105 cm³/mol. The van der Waals surface area contributed by atoms with E-state index in [1.54, 1.807) is 24.3 Å². The minimum absolute atomic E-state index is 0.0195. The summed E-state index contributed by atoms with van der Waals surface area (Å²) >= 11 is 0. The number of nitrogens with zero attached hydrogens (tertiary/aromatic N) is 6. The molecule has 0 radical (unpaired) electrons. The molecule has 5 aromatic rings. The van der Waals surface area contributed by atoms with Gasteiger partial charge < -0.3 is 4.74 Å². The number of hydrogen-bond acceptors (Lipinski definition) is 7. The molecule has 0 aliphatic carbocycles. The summed E-state index contributed by atoms with van der Waals surface area (Å²) in [5, 5.41) is 21.7. The molecule has 0 N–H and O–H groups in total. The summed E-state index contributed by atoms with van der Waals surface area (Å²) in [6.07, 6.45) is 1.21. The van der Waals surface area contributed by atoms with Gasteiger partial charge in [-0.15, -0.1) is 5.10 Å². The van der Waals surface area contributed by atoms with Crippen LogP contribution in [0.2, 0.25) is 0 Å². The third kappa shape index (κ3) is 2.81. The monoisotopic (exact) mass is 384 g/mol. The van der Waals surface area contributed by atoms with E-state index in [-0.39, 0.29) is 11.7 Å². The fraction of sp³-hybridized carbons (Fsp3) is 0. The molecule has 0 saturated heterocycles. The molecule has 9 nitrogen and oxygen atoms in total. The predicted octanol–water partition coefficient (Wildman–Crippen LogP) is 4.06. The van der Waals surface area contributed by atoms with Crippen LogP contribution in [0.4, 0.5) is 5.69 Å². The fourth-order valence-corrected chi connectivity index (χ4v) is 3.16. The molecule has 0 amide bonds. The van der Waals surface area contributed by atoms with Crippen molar-refractivity contribution < 1.29 is 9.66 Å². The third-order valence-corrected chi connectivity index (χ3v) is 4.46. The summed E-state index contributed by atoms with van der Waals surface area (Å²) in [7, 11) is 0. The molecule has 9 heteroatoms. The molecule has 0 bridgehead atoms. The van der Waals surface area contributed by atoms with Crippen LogP contribution in [0.1, 0.15) is 0 Å². The van der Waals surface area contributed by atoms with Gasteiger partial charge in [0.05, 0.1) is 10.4 Å². The second-order valence-corrected chi connectivity index (χ2v) is 6.18. The molecular formula is C20H12N6O3. The molecule has 2 heterocycles. The van der Waals surface area contributed by atoms with E-state index in [1.165, 1.54) is 11.0 Å². The molecule has 29 heavy (non-hydrogen) atoms. The van der Waals surface area contributed by atoms with Crippen LogP contribution < -0.4 is 4.74 Å². The average molecular weight is 384 g/mol. The second kappa shape index (κ2) is 6.64. The summed E-state index contributed by atoms with van der Waals surface area (Å²) < 4.78 is 7.19. The first-order valence-electron chi connectivity index (χ1n) is 8.68. The van der Waals surface area contributed by atoms with Crippen molar-refractivity contribution in [3.8, 4) is 17.4 Å². The largest absolute Gasteiger partial charge is 0.433 e. The molecule has 140 valence electrons. The van der Waals surface area contributed by atoms with Crippen LogP contribution in [-0.2, 0) is 0 Å². The number of para-hydroxylation sites is 1. The summed E-state index contributed by atoms with van der Waals surface area (Å²) in [4.78, 5) is 19.4. The smallest absolute Gasteiger partial charge is 0.375 e. The molecule has 2 aromatic heterocycles. The molecule has 0 spiro atoms. The van der Waals surface area contributed by atoms with E-state index in [0.29, 0.717) is 16.8 Å². The van der Waals surface area contributed by atoms with Gasteiger partial charge in [-0.3, -0.25) is 10.1 Å².